The minimum absolute atomic E-state index is 0.337. The van der Waals surface area contributed by atoms with E-state index in [4.69, 9.17) is 0 Å². The Labute approximate surface area is 118 Å². The summed E-state index contributed by atoms with van der Waals surface area (Å²) in [5, 5.41) is 0. The van der Waals surface area contributed by atoms with Crippen molar-refractivity contribution in [1.29, 1.82) is 0 Å². The molecule has 0 amide bonds. The van der Waals surface area contributed by atoms with Crippen molar-refractivity contribution in [2.75, 3.05) is 0 Å². The van der Waals surface area contributed by atoms with Crippen LogP contribution in [0.5, 0.6) is 0 Å². The van der Waals surface area contributed by atoms with Crippen LogP contribution in [0, 0.1) is 0 Å². The number of halogens is 4. The van der Waals surface area contributed by atoms with Crippen molar-refractivity contribution >= 4 is 63.7 Å². The minimum atomic E-state index is 0.337. The number of hydrogen-bond donors (Lipinski definition) is 0. The van der Waals surface area contributed by atoms with Gasteiger partial charge in [0.05, 0.1) is 0 Å². The molecule has 0 N–H and O–H groups in total. The molecule has 0 aliphatic heterocycles. The van der Waals surface area contributed by atoms with Crippen LogP contribution in [0.2, 0.25) is 0 Å². The lowest BCUT2D eigenvalue weighted by molar-refractivity contribution is 1.01. The minimum Gasteiger partial charge on any atom is -0.0842 e. The van der Waals surface area contributed by atoms with Gasteiger partial charge in [0.1, 0.15) is 0 Å². The van der Waals surface area contributed by atoms with Gasteiger partial charge in [0.15, 0.2) is 0 Å². The third-order valence-corrected chi connectivity index (χ3v) is 4.99. The zero-order valence-electron chi connectivity index (χ0n) is 7.82. The average molecular weight is 450 g/mol. The fourth-order valence-corrected chi connectivity index (χ4v) is 3.58. The lowest BCUT2D eigenvalue weighted by Crippen LogP contribution is -1.97. The first-order chi connectivity index (χ1) is 6.45. The third-order valence-electron chi connectivity index (χ3n) is 1.99. The highest BCUT2D eigenvalue weighted by molar-refractivity contribution is 9.13. The Kier molecular flexibility index (Phi) is 5.15. The first kappa shape index (κ1) is 13.2. The molecular weight excluding hydrogens is 440 g/mol. The summed E-state index contributed by atoms with van der Waals surface area (Å²) in [4.78, 5) is 0.700. The molecule has 1 rings (SSSR count). The van der Waals surface area contributed by atoms with Crippen molar-refractivity contribution in [2.45, 2.75) is 23.5 Å². The van der Waals surface area contributed by atoms with Gasteiger partial charge in [-0.3, -0.25) is 0 Å². The second-order valence-corrected chi connectivity index (χ2v) is 7.49. The van der Waals surface area contributed by atoms with Crippen molar-refractivity contribution < 1.29 is 0 Å². The maximum atomic E-state index is 3.61. The molecule has 0 aromatic heterocycles. The van der Waals surface area contributed by atoms with E-state index in [-0.39, 0.29) is 0 Å². The Morgan fingerprint density at radius 2 is 1.57 bits per heavy atom. The summed E-state index contributed by atoms with van der Waals surface area (Å²) in [6.07, 6.45) is 0. The Morgan fingerprint density at radius 1 is 1.00 bits per heavy atom. The average Bonchev–Trinajstić information content (AvgIpc) is 2.08. The van der Waals surface area contributed by atoms with E-state index in [1.165, 1.54) is 11.1 Å². The maximum absolute atomic E-state index is 3.61. The molecule has 0 saturated carbocycles. The zero-order valence-corrected chi connectivity index (χ0v) is 14.2. The van der Waals surface area contributed by atoms with Gasteiger partial charge in [-0.1, -0.05) is 37.9 Å². The van der Waals surface area contributed by atoms with Gasteiger partial charge in [0.2, 0.25) is 0 Å². The molecule has 1 aromatic rings. The normalized spacial score (nSPS) is 15.3. The Hall–Kier alpha value is 1.14. The summed E-state index contributed by atoms with van der Waals surface area (Å²) in [6.45, 7) is 4.26. The topological polar surface area (TPSA) is 0 Å². The van der Waals surface area contributed by atoms with Crippen LogP contribution in [0.15, 0.2) is 21.1 Å². The molecule has 0 aliphatic carbocycles. The first-order valence-electron chi connectivity index (χ1n) is 4.21. The van der Waals surface area contributed by atoms with E-state index in [1.54, 1.807) is 0 Å². The van der Waals surface area contributed by atoms with Gasteiger partial charge in [-0.15, -0.1) is 0 Å². The largest absolute Gasteiger partial charge is 0.0842 e. The first-order valence-corrected chi connectivity index (χ1v) is 7.62. The van der Waals surface area contributed by atoms with Crippen LogP contribution in [0.4, 0.5) is 0 Å². The summed E-state index contributed by atoms with van der Waals surface area (Å²) >= 11 is 14.3. The highest BCUT2D eigenvalue weighted by atomic mass is 79.9. The van der Waals surface area contributed by atoms with Crippen molar-refractivity contribution in [1.82, 2.24) is 0 Å². The lowest BCUT2D eigenvalue weighted by atomic mass is 10.0. The van der Waals surface area contributed by atoms with Gasteiger partial charge in [0, 0.05) is 18.6 Å². The molecule has 4 heteroatoms. The van der Waals surface area contributed by atoms with Crippen LogP contribution < -0.4 is 0 Å². The fourth-order valence-electron chi connectivity index (χ4n) is 1.33. The third kappa shape index (κ3) is 2.83. The highest BCUT2D eigenvalue weighted by Gasteiger charge is 2.16. The molecule has 0 spiro atoms. The van der Waals surface area contributed by atoms with E-state index in [2.05, 4.69) is 89.7 Å². The molecule has 0 nitrogen and oxygen atoms in total. The SMILES string of the molecule is CC(Br)c1ccc(Br)c(Br)c1C(C)Br. The van der Waals surface area contributed by atoms with Gasteiger partial charge in [0.25, 0.3) is 0 Å². The molecule has 0 saturated heterocycles. The Balaban J connectivity index is 3.38. The van der Waals surface area contributed by atoms with E-state index in [9.17, 15) is 0 Å². The van der Waals surface area contributed by atoms with Crippen LogP contribution in [0.3, 0.4) is 0 Å². The van der Waals surface area contributed by atoms with Crippen molar-refractivity contribution in [3.8, 4) is 0 Å². The van der Waals surface area contributed by atoms with Crippen LogP contribution in [-0.4, -0.2) is 0 Å². The highest BCUT2D eigenvalue weighted by Crippen LogP contribution is 2.40. The van der Waals surface area contributed by atoms with E-state index in [0.717, 1.165) is 8.95 Å². The number of alkyl halides is 2. The number of rotatable bonds is 2. The molecular formula is C10H10Br4. The molecule has 0 aliphatic rings. The van der Waals surface area contributed by atoms with Gasteiger partial charge < -0.3 is 0 Å². The number of benzene rings is 1. The molecule has 0 heterocycles. The van der Waals surface area contributed by atoms with Gasteiger partial charge in [-0.2, -0.15) is 0 Å². The quantitative estimate of drug-likeness (QED) is 0.477. The van der Waals surface area contributed by atoms with Gasteiger partial charge in [-0.05, 0) is 62.9 Å². The van der Waals surface area contributed by atoms with E-state index in [0.29, 0.717) is 9.65 Å². The Morgan fingerprint density at radius 3 is 2.00 bits per heavy atom. The smallest absolute Gasteiger partial charge is 0.0381 e. The van der Waals surface area contributed by atoms with Crippen molar-refractivity contribution in [3.63, 3.8) is 0 Å². The van der Waals surface area contributed by atoms with E-state index in [1.807, 2.05) is 0 Å². The predicted molar refractivity (Wildman–Crippen MR) is 76.5 cm³/mol. The van der Waals surface area contributed by atoms with Crippen molar-refractivity contribution in [2.24, 2.45) is 0 Å². The second kappa shape index (κ2) is 5.46. The van der Waals surface area contributed by atoms with E-state index >= 15 is 0 Å². The summed E-state index contributed by atoms with van der Waals surface area (Å²) in [5.41, 5.74) is 2.60. The maximum Gasteiger partial charge on any atom is 0.0381 e. The van der Waals surface area contributed by atoms with Gasteiger partial charge in [-0.25, -0.2) is 0 Å². The summed E-state index contributed by atoms with van der Waals surface area (Å²) in [6, 6.07) is 4.21. The van der Waals surface area contributed by atoms with Crippen molar-refractivity contribution in [3.05, 3.63) is 32.2 Å². The molecule has 1 aromatic carbocycles. The lowest BCUT2D eigenvalue weighted by Gasteiger charge is -2.16. The molecule has 14 heavy (non-hydrogen) atoms. The molecule has 0 radical (unpaired) electrons. The molecule has 2 atom stereocenters. The molecule has 2 unspecified atom stereocenters. The van der Waals surface area contributed by atoms with Crippen LogP contribution >= 0.6 is 63.7 Å². The molecule has 0 bridgehead atoms. The van der Waals surface area contributed by atoms with E-state index < -0.39 is 0 Å². The van der Waals surface area contributed by atoms with Gasteiger partial charge >= 0.3 is 0 Å². The predicted octanol–water partition coefficient (Wildman–Crippen LogP) is 6.12. The monoisotopic (exact) mass is 446 g/mol. The zero-order chi connectivity index (χ0) is 10.9. The molecule has 0 fully saturated rings. The Bertz CT molecular complexity index is 331. The summed E-state index contributed by atoms with van der Waals surface area (Å²) in [7, 11) is 0. The van der Waals surface area contributed by atoms with Crippen LogP contribution in [0.1, 0.15) is 34.6 Å². The van der Waals surface area contributed by atoms with Crippen LogP contribution in [0.25, 0.3) is 0 Å². The number of hydrogen-bond acceptors (Lipinski definition) is 0. The molecule has 78 valence electrons. The van der Waals surface area contributed by atoms with Crippen LogP contribution in [-0.2, 0) is 0 Å². The second-order valence-electron chi connectivity index (χ2n) is 3.10. The summed E-state index contributed by atoms with van der Waals surface area (Å²) < 4.78 is 2.22. The summed E-state index contributed by atoms with van der Waals surface area (Å²) in [5.74, 6) is 0. The standard InChI is InChI=1S/C10H10Br4/c1-5(11)7-3-4-8(13)10(14)9(7)6(2)12/h3-6H,1-2H3. The fraction of sp³-hybridized carbons (Fsp3) is 0.400.